The SMILES string of the molecule is CC(C)CC(=O)Nc1cccc(CNC(=O)CCNC(=O)OC(C)(C)C)c1. The first kappa shape index (κ1) is 22.5. The number of hydrogen-bond acceptors (Lipinski definition) is 4. The molecule has 0 saturated carbocycles. The van der Waals surface area contributed by atoms with Gasteiger partial charge in [-0.15, -0.1) is 0 Å². The Hall–Kier alpha value is -2.57. The van der Waals surface area contributed by atoms with Crippen molar-refractivity contribution in [1.82, 2.24) is 10.6 Å². The molecule has 3 amide bonds. The van der Waals surface area contributed by atoms with Gasteiger partial charge in [-0.1, -0.05) is 26.0 Å². The minimum absolute atomic E-state index is 0.0283. The Morgan fingerprint density at radius 1 is 1.07 bits per heavy atom. The molecule has 0 radical (unpaired) electrons. The van der Waals surface area contributed by atoms with Crippen LogP contribution < -0.4 is 16.0 Å². The Labute approximate surface area is 161 Å². The fraction of sp³-hybridized carbons (Fsp3) is 0.550. The lowest BCUT2D eigenvalue weighted by Gasteiger charge is -2.19. The molecule has 0 aliphatic heterocycles. The summed E-state index contributed by atoms with van der Waals surface area (Å²) in [5.41, 5.74) is 1.02. The maximum absolute atomic E-state index is 11.9. The molecule has 0 atom stereocenters. The Morgan fingerprint density at radius 2 is 1.78 bits per heavy atom. The molecule has 7 nitrogen and oxygen atoms in total. The predicted octanol–water partition coefficient (Wildman–Crippen LogP) is 3.20. The average molecular weight is 377 g/mol. The van der Waals surface area contributed by atoms with Gasteiger partial charge in [-0.25, -0.2) is 4.79 Å². The lowest BCUT2D eigenvalue weighted by molar-refractivity contribution is -0.121. The third-order valence-corrected chi connectivity index (χ3v) is 3.31. The molecule has 0 saturated heterocycles. The molecule has 0 spiro atoms. The van der Waals surface area contributed by atoms with Gasteiger partial charge >= 0.3 is 6.09 Å². The number of hydrogen-bond donors (Lipinski definition) is 3. The third-order valence-electron chi connectivity index (χ3n) is 3.31. The van der Waals surface area contributed by atoms with E-state index in [-0.39, 0.29) is 24.8 Å². The summed E-state index contributed by atoms with van der Waals surface area (Å²) >= 11 is 0. The molecule has 0 aliphatic rings. The zero-order chi connectivity index (χ0) is 20.4. The van der Waals surface area contributed by atoms with E-state index < -0.39 is 11.7 Å². The number of ether oxygens (including phenoxy) is 1. The summed E-state index contributed by atoms with van der Waals surface area (Å²) in [5.74, 6) is 0.0847. The van der Waals surface area contributed by atoms with Crippen LogP contribution in [0.25, 0.3) is 0 Å². The first-order chi connectivity index (χ1) is 12.5. The van der Waals surface area contributed by atoms with Crippen LogP contribution in [0.5, 0.6) is 0 Å². The van der Waals surface area contributed by atoms with Crippen LogP contribution in [0.4, 0.5) is 10.5 Å². The molecule has 7 heteroatoms. The van der Waals surface area contributed by atoms with Crippen molar-refractivity contribution in [2.24, 2.45) is 5.92 Å². The van der Waals surface area contributed by atoms with Crippen LogP contribution in [0.3, 0.4) is 0 Å². The summed E-state index contributed by atoms with van der Waals surface area (Å²) in [6.07, 6.45) is 0.0792. The number of alkyl carbamates (subject to hydrolysis) is 1. The van der Waals surface area contributed by atoms with Gasteiger partial charge in [-0.2, -0.15) is 0 Å². The fourth-order valence-corrected chi connectivity index (χ4v) is 2.22. The minimum Gasteiger partial charge on any atom is -0.444 e. The zero-order valence-corrected chi connectivity index (χ0v) is 16.8. The van der Waals surface area contributed by atoms with Crippen LogP contribution in [0.1, 0.15) is 53.0 Å². The molecule has 3 N–H and O–H groups in total. The molecule has 1 aromatic rings. The van der Waals surface area contributed by atoms with Gasteiger partial charge in [0.1, 0.15) is 5.60 Å². The smallest absolute Gasteiger partial charge is 0.407 e. The molecule has 1 aromatic carbocycles. The molecule has 0 fully saturated rings. The standard InChI is InChI=1S/C20H31N3O4/c1-14(2)11-18(25)23-16-8-6-7-15(12-16)13-22-17(24)9-10-21-19(26)27-20(3,4)5/h6-8,12,14H,9-11,13H2,1-5H3,(H,21,26)(H,22,24)(H,23,25). The van der Waals surface area contributed by atoms with Crippen LogP contribution in [0.15, 0.2) is 24.3 Å². The van der Waals surface area contributed by atoms with Crippen molar-refractivity contribution < 1.29 is 19.1 Å². The quantitative estimate of drug-likeness (QED) is 0.648. The summed E-state index contributed by atoms with van der Waals surface area (Å²) in [6.45, 7) is 9.85. The van der Waals surface area contributed by atoms with E-state index in [1.54, 1.807) is 20.8 Å². The number of carbonyl (C=O) groups is 3. The van der Waals surface area contributed by atoms with E-state index in [4.69, 9.17) is 4.74 Å². The van der Waals surface area contributed by atoms with Gasteiger partial charge in [0.15, 0.2) is 0 Å². The highest BCUT2D eigenvalue weighted by molar-refractivity contribution is 5.90. The van der Waals surface area contributed by atoms with Crippen molar-refractivity contribution in [2.45, 2.75) is 59.6 Å². The summed E-state index contributed by atoms with van der Waals surface area (Å²) in [6, 6.07) is 7.35. The lowest BCUT2D eigenvalue weighted by Crippen LogP contribution is -2.35. The Balaban J connectivity index is 2.36. The molecule has 0 heterocycles. The number of amides is 3. The van der Waals surface area contributed by atoms with Crippen LogP contribution in [-0.4, -0.2) is 30.1 Å². The normalized spacial score (nSPS) is 11.0. The summed E-state index contributed by atoms with van der Waals surface area (Å²) < 4.78 is 5.10. The Kier molecular flexibility index (Phi) is 8.78. The van der Waals surface area contributed by atoms with Gasteiger partial charge in [0, 0.05) is 31.6 Å². The Morgan fingerprint density at radius 3 is 2.41 bits per heavy atom. The second kappa shape index (κ2) is 10.5. The van der Waals surface area contributed by atoms with Crippen LogP contribution in [-0.2, 0) is 20.9 Å². The van der Waals surface area contributed by atoms with Crippen molar-refractivity contribution in [2.75, 3.05) is 11.9 Å². The summed E-state index contributed by atoms with van der Waals surface area (Å²) in [5, 5.41) is 8.19. The number of nitrogens with one attached hydrogen (secondary N) is 3. The first-order valence-electron chi connectivity index (χ1n) is 9.17. The summed E-state index contributed by atoms with van der Waals surface area (Å²) in [7, 11) is 0. The molecule has 0 unspecified atom stereocenters. The average Bonchev–Trinajstić information content (AvgIpc) is 2.50. The molecule has 0 bridgehead atoms. The number of carbonyl (C=O) groups excluding carboxylic acids is 3. The van der Waals surface area contributed by atoms with Crippen molar-refractivity contribution >= 4 is 23.6 Å². The second-order valence-electron chi connectivity index (χ2n) is 7.80. The van der Waals surface area contributed by atoms with Crippen molar-refractivity contribution in [3.63, 3.8) is 0 Å². The zero-order valence-electron chi connectivity index (χ0n) is 16.8. The highest BCUT2D eigenvalue weighted by Gasteiger charge is 2.15. The molecular formula is C20H31N3O4. The predicted molar refractivity (Wildman–Crippen MR) is 105 cm³/mol. The molecule has 0 aliphatic carbocycles. The largest absolute Gasteiger partial charge is 0.444 e. The van der Waals surface area contributed by atoms with Crippen LogP contribution in [0, 0.1) is 5.92 Å². The van der Waals surface area contributed by atoms with E-state index in [0.717, 1.165) is 5.56 Å². The maximum Gasteiger partial charge on any atom is 0.407 e. The minimum atomic E-state index is -0.568. The summed E-state index contributed by atoms with van der Waals surface area (Å²) in [4.78, 5) is 35.2. The van der Waals surface area contributed by atoms with Gasteiger partial charge in [0.25, 0.3) is 0 Å². The van der Waals surface area contributed by atoms with E-state index >= 15 is 0 Å². The van der Waals surface area contributed by atoms with Crippen molar-refractivity contribution in [3.05, 3.63) is 29.8 Å². The topological polar surface area (TPSA) is 96.5 Å². The highest BCUT2D eigenvalue weighted by Crippen LogP contribution is 2.12. The maximum atomic E-state index is 11.9. The number of anilines is 1. The number of rotatable bonds is 8. The van der Waals surface area contributed by atoms with Gasteiger partial charge in [0.2, 0.25) is 11.8 Å². The Bertz CT molecular complexity index is 651. The van der Waals surface area contributed by atoms with Gasteiger partial charge in [-0.05, 0) is 44.4 Å². The van der Waals surface area contributed by atoms with Crippen molar-refractivity contribution in [1.29, 1.82) is 0 Å². The van der Waals surface area contributed by atoms with Gasteiger partial charge in [0.05, 0.1) is 0 Å². The van der Waals surface area contributed by atoms with E-state index in [0.29, 0.717) is 24.6 Å². The van der Waals surface area contributed by atoms with Gasteiger partial charge < -0.3 is 20.7 Å². The third kappa shape index (κ3) is 10.9. The fourth-order valence-electron chi connectivity index (χ4n) is 2.22. The van der Waals surface area contributed by atoms with Crippen molar-refractivity contribution in [3.8, 4) is 0 Å². The number of benzene rings is 1. The van der Waals surface area contributed by atoms with Crippen LogP contribution in [0.2, 0.25) is 0 Å². The van der Waals surface area contributed by atoms with E-state index in [2.05, 4.69) is 16.0 Å². The second-order valence-corrected chi connectivity index (χ2v) is 7.80. The highest BCUT2D eigenvalue weighted by atomic mass is 16.6. The molecule has 0 aromatic heterocycles. The molecular weight excluding hydrogens is 346 g/mol. The first-order valence-corrected chi connectivity index (χ1v) is 9.17. The van der Waals surface area contributed by atoms with E-state index in [9.17, 15) is 14.4 Å². The van der Waals surface area contributed by atoms with E-state index in [1.807, 2.05) is 38.1 Å². The lowest BCUT2D eigenvalue weighted by atomic mass is 10.1. The van der Waals surface area contributed by atoms with Gasteiger partial charge in [-0.3, -0.25) is 9.59 Å². The van der Waals surface area contributed by atoms with E-state index in [1.165, 1.54) is 0 Å². The monoisotopic (exact) mass is 377 g/mol. The molecule has 27 heavy (non-hydrogen) atoms. The van der Waals surface area contributed by atoms with Crippen LogP contribution >= 0.6 is 0 Å². The molecule has 150 valence electrons. The molecule has 1 rings (SSSR count).